The molecule has 7 heteroatoms. The van der Waals surface area contributed by atoms with Crippen molar-refractivity contribution in [2.75, 3.05) is 7.11 Å². The van der Waals surface area contributed by atoms with Crippen molar-refractivity contribution in [1.29, 1.82) is 0 Å². The minimum Gasteiger partial charge on any atom is -0.507 e. The third-order valence-corrected chi connectivity index (χ3v) is 4.73. The van der Waals surface area contributed by atoms with E-state index >= 15 is 0 Å². The van der Waals surface area contributed by atoms with E-state index in [-0.39, 0.29) is 5.75 Å². The summed E-state index contributed by atoms with van der Waals surface area (Å²) in [5.74, 6) is 1.22. The SMILES string of the molecule is COc1ccc(C=Nn2cc(-c3ccccc3)nc2N=Cc2cc(Cl)ccc2O)cc1. The Hall–Kier alpha value is -3.90. The maximum Gasteiger partial charge on any atom is 0.251 e. The minimum absolute atomic E-state index is 0.0799. The molecule has 1 heterocycles. The van der Waals surface area contributed by atoms with Crippen molar-refractivity contribution < 1.29 is 9.84 Å². The summed E-state index contributed by atoms with van der Waals surface area (Å²) in [6.45, 7) is 0. The van der Waals surface area contributed by atoms with E-state index in [1.54, 1.807) is 36.3 Å². The first kappa shape index (κ1) is 20.4. The van der Waals surface area contributed by atoms with Crippen molar-refractivity contribution >= 4 is 30.0 Å². The summed E-state index contributed by atoms with van der Waals surface area (Å²) in [5.41, 5.74) is 3.07. The summed E-state index contributed by atoms with van der Waals surface area (Å²) in [5, 5.41) is 15.1. The molecule has 1 N–H and O–H groups in total. The molecule has 0 bridgehead atoms. The fourth-order valence-corrected chi connectivity index (χ4v) is 3.04. The molecule has 3 aromatic carbocycles. The maximum atomic E-state index is 10.0. The zero-order chi connectivity index (χ0) is 21.6. The predicted octanol–water partition coefficient (Wildman–Crippen LogP) is 5.55. The number of rotatable bonds is 6. The van der Waals surface area contributed by atoms with E-state index < -0.39 is 0 Å². The minimum atomic E-state index is 0.0799. The van der Waals surface area contributed by atoms with Crippen LogP contribution in [0.2, 0.25) is 5.02 Å². The number of aliphatic imine (C=N–C) groups is 1. The standard InChI is InChI=1S/C24H19ClN4O2/c1-31-21-10-7-17(8-11-21)14-27-29-16-22(18-5-3-2-4-6-18)28-24(29)26-15-19-13-20(25)9-12-23(19)30/h2-16,30H,1H3. The van der Waals surface area contributed by atoms with Gasteiger partial charge >= 0.3 is 0 Å². The van der Waals surface area contributed by atoms with Gasteiger partial charge in [-0.3, -0.25) is 0 Å². The lowest BCUT2D eigenvalue weighted by molar-refractivity contribution is 0.415. The highest BCUT2D eigenvalue weighted by molar-refractivity contribution is 6.30. The highest BCUT2D eigenvalue weighted by Crippen LogP contribution is 2.24. The Morgan fingerprint density at radius 1 is 1.00 bits per heavy atom. The van der Waals surface area contributed by atoms with Gasteiger partial charge in [-0.05, 0) is 48.0 Å². The van der Waals surface area contributed by atoms with Crippen LogP contribution in [0.3, 0.4) is 0 Å². The van der Waals surface area contributed by atoms with Gasteiger partial charge in [-0.1, -0.05) is 41.9 Å². The number of nitrogens with zero attached hydrogens (tertiary/aromatic N) is 4. The Kier molecular flexibility index (Phi) is 6.10. The number of imidazole rings is 1. The highest BCUT2D eigenvalue weighted by Gasteiger charge is 2.09. The van der Waals surface area contributed by atoms with Crippen LogP contribution in [-0.4, -0.2) is 34.3 Å². The largest absolute Gasteiger partial charge is 0.507 e. The van der Waals surface area contributed by atoms with E-state index in [0.717, 1.165) is 22.6 Å². The zero-order valence-corrected chi connectivity index (χ0v) is 17.4. The number of halogens is 1. The number of phenolic OH excluding ortho intramolecular Hbond substituents is 1. The van der Waals surface area contributed by atoms with Crippen molar-refractivity contribution in [2.24, 2.45) is 10.1 Å². The van der Waals surface area contributed by atoms with Crippen LogP contribution in [0.4, 0.5) is 5.95 Å². The summed E-state index contributed by atoms with van der Waals surface area (Å²) >= 11 is 6.03. The topological polar surface area (TPSA) is 72.0 Å². The molecular weight excluding hydrogens is 412 g/mol. The van der Waals surface area contributed by atoms with Crippen LogP contribution >= 0.6 is 11.6 Å². The monoisotopic (exact) mass is 430 g/mol. The number of methoxy groups -OCH3 is 1. The molecule has 0 atom stereocenters. The number of hydrogen-bond acceptors (Lipinski definition) is 5. The van der Waals surface area contributed by atoms with E-state index in [0.29, 0.717) is 16.5 Å². The zero-order valence-electron chi connectivity index (χ0n) is 16.7. The van der Waals surface area contributed by atoms with Crippen LogP contribution in [0.15, 0.2) is 89.1 Å². The molecule has 0 aliphatic rings. The van der Waals surface area contributed by atoms with Crippen molar-refractivity contribution in [2.45, 2.75) is 0 Å². The average Bonchev–Trinajstić information content (AvgIpc) is 3.22. The van der Waals surface area contributed by atoms with Crippen molar-refractivity contribution in [3.63, 3.8) is 0 Å². The fourth-order valence-electron chi connectivity index (χ4n) is 2.86. The quantitative estimate of drug-likeness (QED) is 0.407. The first-order valence-electron chi connectivity index (χ1n) is 9.48. The molecule has 1 aromatic heterocycles. The molecule has 4 rings (SSSR count). The average molecular weight is 431 g/mol. The lowest BCUT2D eigenvalue weighted by atomic mass is 10.2. The van der Waals surface area contributed by atoms with E-state index in [1.807, 2.05) is 54.6 Å². The van der Waals surface area contributed by atoms with Crippen molar-refractivity contribution in [1.82, 2.24) is 9.66 Å². The first-order valence-corrected chi connectivity index (χ1v) is 9.86. The van der Waals surface area contributed by atoms with Gasteiger partial charge in [-0.25, -0.2) is 14.7 Å². The van der Waals surface area contributed by atoms with Gasteiger partial charge in [0, 0.05) is 22.4 Å². The molecular formula is C24H19ClN4O2. The summed E-state index contributed by atoms with van der Waals surface area (Å²) in [6, 6.07) is 22.1. The molecule has 0 aliphatic carbocycles. The van der Waals surface area contributed by atoms with E-state index in [4.69, 9.17) is 16.3 Å². The van der Waals surface area contributed by atoms with Gasteiger partial charge in [0.2, 0.25) is 0 Å². The number of aromatic hydroxyl groups is 1. The molecule has 0 aliphatic heterocycles. The van der Waals surface area contributed by atoms with Crippen molar-refractivity contribution in [3.8, 4) is 22.8 Å². The Morgan fingerprint density at radius 3 is 2.52 bits per heavy atom. The molecule has 0 saturated heterocycles. The molecule has 0 saturated carbocycles. The number of hydrogen-bond donors (Lipinski definition) is 1. The summed E-state index contributed by atoms with van der Waals surface area (Å²) in [7, 11) is 1.63. The smallest absolute Gasteiger partial charge is 0.251 e. The first-order chi connectivity index (χ1) is 15.1. The second-order valence-corrected chi connectivity index (χ2v) is 7.05. The summed E-state index contributed by atoms with van der Waals surface area (Å²) in [6.07, 6.45) is 5.03. The van der Waals surface area contributed by atoms with Gasteiger partial charge in [0.1, 0.15) is 11.5 Å². The highest BCUT2D eigenvalue weighted by atomic mass is 35.5. The molecule has 0 amide bonds. The van der Waals surface area contributed by atoms with Crippen LogP contribution in [0.25, 0.3) is 11.3 Å². The lowest BCUT2D eigenvalue weighted by Crippen LogP contribution is -1.90. The molecule has 0 radical (unpaired) electrons. The fraction of sp³-hybridized carbons (Fsp3) is 0.0417. The number of benzene rings is 3. The molecule has 154 valence electrons. The summed E-state index contributed by atoms with van der Waals surface area (Å²) < 4.78 is 6.77. The number of phenols is 1. The Labute approximate surface area is 184 Å². The van der Waals surface area contributed by atoms with Gasteiger partial charge in [0.25, 0.3) is 5.95 Å². The second kappa shape index (κ2) is 9.28. The molecule has 0 fully saturated rings. The van der Waals surface area contributed by atoms with Crippen molar-refractivity contribution in [3.05, 3.63) is 95.1 Å². The number of aromatic nitrogens is 2. The van der Waals surface area contributed by atoms with Crippen LogP contribution in [0, 0.1) is 0 Å². The third kappa shape index (κ3) is 4.99. The maximum absolute atomic E-state index is 10.0. The molecule has 6 nitrogen and oxygen atoms in total. The lowest BCUT2D eigenvalue weighted by Gasteiger charge is -2.00. The van der Waals surface area contributed by atoms with E-state index in [2.05, 4.69) is 15.1 Å². The number of ether oxygens (including phenoxy) is 1. The van der Waals surface area contributed by atoms with Crippen LogP contribution in [-0.2, 0) is 0 Å². The van der Waals surface area contributed by atoms with Crippen LogP contribution in [0.1, 0.15) is 11.1 Å². The Morgan fingerprint density at radius 2 is 1.77 bits per heavy atom. The Bertz CT molecular complexity index is 1230. The normalized spacial score (nSPS) is 11.4. The Balaban J connectivity index is 1.70. The molecule has 4 aromatic rings. The van der Waals surface area contributed by atoms with Gasteiger partial charge < -0.3 is 9.84 Å². The molecule has 0 spiro atoms. The molecule has 31 heavy (non-hydrogen) atoms. The molecule has 0 unspecified atom stereocenters. The third-order valence-electron chi connectivity index (χ3n) is 4.50. The van der Waals surface area contributed by atoms with Gasteiger partial charge in [0.15, 0.2) is 0 Å². The van der Waals surface area contributed by atoms with E-state index in [9.17, 15) is 5.11 Å². The van der Waals surface area contributed by atoms with E-state index in [1.165, 1.54) is 12.3 Å². The van der Waals surface area contributed by atoms with Gasteiger partial charge in [-0.15, -0.1) is 0 Å². The predicted molar refractivity (Wildman–Crippen MR) is 124 cm³/mol. The van der Waals surface area contributed by atoms with Crippen LogP contribution in [0.5, 0.6) is 11.5 Å². The van der Waals surface area contributed by atoms with Gasteiger partial charge in [0.05, 0.1) is 25.2 Å². The second-order valence-electron chi connectivity index (χ2n) is 6.62. The summed E-state index contributed by atoms with van der Waals surface area (Å²) in [4.78, 5) is 9.04. The van der Waals surface area contributed by atoms with Crippen LogP contribution < -0.4 is 4.74 Å². The van der Waals surface area contributed by atoms with Gasteiger partial charge in [-0.2, -0.15) is 5.10 Å².